The van der Waals surface area contributed by atoms with Gasteiger partial charge in [-0.05, 0) is 6.07 Å². The number of nitrogens with zero attached hydrogens (tertiary/aromatic N) is 2. The Balaban J connectivity index is 2.50. The fraction of sp³-hybridized carbons (Fsp3) is 0. The number of rotatable bonds is 3. The molecule has 0 amide bonds. The first-order chi connectivity index (χ1) is 12.2. The first-order valence-electron chi connectivity index (χ1n) is 6.85. The Morgan fingerprint density at radius 2 is 1.73 bits per heavy atom. The maximum atomic E-state index is 14.2. The molecule has 0 saturated heterocycles. The zero-order valence-electron chi connectivity index (χ0n) is 12.6. The minimum atomic E-state index is -1.69. The second-order valence-corrected chi connectivity index (χ2v) is 5.10. The predicted molar refractivity (Wildman–Crippen MR) is 81.9 cm³/mol. The van der Waals surface area contributed by atoms with Gasteiger partial charge in [0.2, 0.25) is 5.43 Å². The summed E-state index contributed by atoms with van der Waals surface area (Å²) in [6.07, 6.45) is 0.675. The molecule has 2 heterocycles. The van der Waals surface area contributed by atoms with Crippen molar-refractivity contribution in [3.63, 3.8) is 0 Å². The number of carbonyl (C=O) groups is 1. The summed E-state index contributed by atoms with van der Waals surface area (Å²) in [7, 11) is 0. The van der Waals surface area contributed by atoms with E-state index in [0.29, 0.717) is 29.0 Å². The van der Waals surface area contributed by atoms with Gasteiger partial charge in [0.05, 0.1) is 10.9 Å². The van der Waals surface area contributed by atoms with Crippen molar-refractivity contribution in [1.82, 2.24) is 9.55 Å². The number of hydrogen-bond donors (Lipinski definition) is 3. The monoisotopic (exact) mass is 368 g/mol. The first-order valence-corrected chi connectivity index (χ1v) is 6.85. The second-order valence-electron chi connectivity index (χ2n) is 5.10. The molecule has 0 fully saturated rings. The smallest absolute Gasteiger partial charge is 0.341 e. The van der Waals surface area contributed by atoms with Gasteiger partial charge in [-0.2, -0.15) is 0 Å². The third-order valence-electron chi connectivity index (χ3n) is 3.55. The summed E-state index contributed by atoms with van der Waals surface area (Å²) in [5.74, 6) is -3.06. The van der Waals surface area contributed by atoms with Gasteiger partial charge >= 0.3 is 5.97 Å². The highest BCUT2D eigenvalue weighted by atomic mass is 19.2. The van der Waals surface area contributed by atoms with Crippen LogP contribution in [0.25, 0.3) is 16.7 Å². The maximum Gasteiger partial charge on any atom is 0.341 e. The number of nitrogens with one attached hydrogen (secondary N) is 1. The molecule has 26 heavy (non-hydrogen) atoms. The molecule has 0 atom stereocenters. The Labute approximate surface area is 141 Å². The van der Waals surface area contributed by atoms with Gasteiger partial charge in [-0.15, -0.1) is 0 Å². The highest BCUT2D eigenvalue weighted by Gasteiger charge is 2.21. The molecule has 0 aliphatic rings. The van der Waals surface area contributed by atoms with E-state index in [-0.39, 0.29) is 5.52 Å². The molecule has 7 nitrogen and oxygen atoms in total. The maximum absolute atomic E-state index is 14.2. The van der Waals surface area contributed by atoms with Gasteiger partial charge in [0, 0.05) is 18.3 Å². The molecule has 11 heteroatoms. The molecule has 0 saturated carbocycles. The molecule has 0 unspecified atom stereocenters. The summed E-state index contributed by atoms with van der Waals surface area (Å²) < 4.78 is 55.6. The van der Waals surface area contributed by atoms with Gasteiger partial charge in [0.25, 0.3) is 0 Å². The molecule has 3 rings (SSSR count). The van der Waals surface area contributed by atoms with E-state index in [1.807, 2.05) is 5.43 Å². The normalized spacial score (nSPS) is 11.0. The number of pyridine rings is 2. The summed E-state index contributed by atoms with van der Waals surface area (Å²) >= 11 is 0. The third kappa shape index (κ3) is 2.63. The molecule has 134 valence electrons. The van der Waals surface area contributed by atoms with E-state index in [4.69, 9.17) is 10.9 Å². The van der Waals surface area contributed by atoms with Crippen molar-refractivity contribution < 1.29 is 27.5 Å². The van der Waals surface area contributed by atoms with E-state index in [1.54, 1.807) is 0 Å². The van der Waals surface area contributed by atoms with Crippen molar-refractivity contribution in [2.24, 2.45) is 5.84 Å². The van der Waals surface area contributed by atoms with Crippen LogP contribution in [0.15, 0.2) is 29.2 Å². The second kappa shape index (κ2) is 6.11. The molecule has 1 aromatic carbocycles. The standard InChI is InChI=1S/C15H8F4N4O3/c16-7-1-5-11(3-8(7)17)23(4-6(12(5)24)15(25)26)14-10(19)2-9(18)13(21-14)22-20/h1-4H,20H2,(H,21,22)(H,25,26). The Morgan fingerprint density at radius 1 is 1.08 bits per heavy atom. The predicted octanol–water partition coefficient (Wildman–Crippen LogP) is 1.93. The SMILES string of the molecule is NNc1nc(-n2cc(C(=O)O)c(=O)c3cc(F)c(F)cc32)c(F)cc1F. The van der Waals surface area contributed by atoms with Crippen molar-refractivity contribution in [2.45, 2.75) is 0 Å². The molecule has 3 aromatic rings. The number of carboxylic acid groups (broad SMARTS) is 1. The van der Waals surface area contributed by atoms with Crippen molar-refractivity contribution in [3.05, 3.63) is 63.5 Å². The van der Waals surface area contributed by atoms with Gasteiger partial charge < -0.3 is 10.5 Å². The van der Waals surface area contributed by atoms with E-state index >= 15 is 0 Å². The number of hydrogen-bond acceptors (Lipinski definition) is 5. The molecular weight excluding hydrogens is 360 g/mol. The Bertz CT molecular complexity index is 1130. The summed E-state index contributed by atoms with van der Waals surface area (Å²) in [5, 5.41) is 8.62. The Hall–Kier alpha value is -3.47. The van der Waals surface area contributed by atoms with Gasteiger partial charge in [-0.1, -0.05) is 0 Å². The lowest BCUT2D eigenvalue weighted by Crippen LogP contribution is -2.20. The van der Waals surface area contributed by atoms with Gasteiger partial charge in [0.15, 0.2) is 34.9 Å². The number of nitrogen functional groups attached to an aromatic ring is 1. The van der Waals surface area contributed by atoms with Crippen LogP contribution in [-0.4, -0.2) is 20.6 Å². The summed E-state index contributed by atoms with van der Waals surface area (Å²) in [4.78, 5) is 27.0. The largest absolute Gasteiger partial charge is 0.477 e. The molecule has 0 aliphatic carbocycles. The quantitative estimate of drug-likeness (QED) is 0.370. The van der Waals surface area contributed by atoms with E-state index in [1.165, 1.54) is 0 Å². The van der Waals surface area contributed by atoms with Crippen molar-refractivity contribution >= 4 is 22.7 Å². The summed E-state index contributed by atoms with van der Waals surface area (Å²) in [6.45, 7) is 0. The van der Waals surface area contributed by atoms with Gasteiger partial charge in [-0.3, -0.25) is 9.36 Å². The van der Waals surface area contributed by atoms with E-state index in [9.17, 15) is 27.2 Å². The van der Waals surface area contributed by atoms with Crippen LogP contribution in [0.4, 0.5) is 23.4 Å². The number of halogens is 4. The number of nitrogens with two attached hydrogens (primary N) is 1. The van der Waals surface area contributed by atoms with Crippen LogP contribution in [0.1, 0.15) is 10.4 Å². The number of carboxylic acids is 1. The zero-order chi connectivity index (χ0) is 19.2. The average molecular weight is 368 g/mol. The molecule has 4 N–H and O–H groups in total. The number of hydrazine groups is 1. The molecular formula is C15H8F4N4O3. The topological polar surface area (TPSA) is 110 Å². The lowest BCUT2D eigenvalue weighted by molar-refractivity contribution is 0.0695. The van der Waals surface area contributed by atoms with E-state index < -0.39 is 57.3 Å². The van der Waals surface area contributed by atoms with Crippen LogP contribution < -0.4 is 16.7 Å². The van der Waals surface area contributed by atoms with E-state index in [0.717, 1.165) is 0 Å². The number of fused-ring (bicyclic) bond motifs is 1. The molecule has 0 bridgehead atoms. The first kappa shape index (κ1) is 17.4. The number of aromatic nitrogens is 2. The molecule has 0 spiro atoms. The van der Waals surface area contributed by atoms with E-state index in [2.05, 4.69) is 4.98 Å². The Morgan fingerprint density at radius 3 is 2.35 bits per heavy atom. The third-order valence-corrected chi connectivity index (χ3v) is 3.55. The van der Waals surface area contributed by atoms with Crippen molar-refractivity contribution in [3.8, 4) is 5.82 Å². The molecule has 0 aliphatic heterocycles. The van der Waals surface area contributed by atoms with Crippen LogP contribution in [0, 0.1) is 23.3 Å². The lowest BCUT2D eigenvalue weighted by Gasteiger charge is -2.14. The number of anilines is 1. The minimum absolute atomic E-state index is 0.375. The lowest BCUT2D eigenvalue weighted by atomic mass is 10.1. The number of benzene rings is 1. The van der Waals surface area contributed by atoms with Crippen LogP contribution in [-0.2, 0) is 0 Å². The van der Waals surface area contributed by atoms with Crippen LogP contribution >= 0.6 is 0 Å². The Kier molecular flexibility index (Phi) is 4.08. The summed E-state index contributed by atoms with van der Waals surface area (Å²) in [6, 6.07) is 1.46. The molecule has 0 radical (unpaired) electrons. The van der Waals surface area contributed by atoms with Crippen molar-refractivity contribution in [2.75, 3.05) is 5.43 Å². The highest BCUT2D eigenvalue weighted by Crippen LogP contribution is 2.23. The highest BCUT2D eigenvalue weighted by molar-refractivity contribution is 5.93. The van der Waals surface area contributed by atoms with Gasteiger partial charge in [0.1, 0.15) is 5.56 Å². The fourth-order valence-corrected chi connectivity index (χ4v) is 2.37. The van der Waals surface area contributed by atoms with Gasteiger partial charge in [-0.25, -0.2) is 33.2 Å². The minimum Gasteiger partial charge on any atom is -0.477 e. The van der Waals surface area contributed by atoms with Crippen LogP contribution in [0.5, 0.6) is 0 Å². The zero-order valence-corrected chi connectivity index (χ0v) is 12.6. The van der Waals surface area contributed by atoms with Crippen LogP contribution in [0.2, 0.25) is 0 Å². The van der Waals surface area contributed by atoms with Crippen LogP contribution in [0.3, 0.4) is 0 Å². The fourth-order valence-electron chi connectivity index (χ4n) is 2.37. The average Bonchev–Trinajstić information content (AvgIpc) is 2.57. The summed E-state index contributed by atoms with van der Waals surface area (Å²) in [5.41, 5.74) is -0.463. The molecule has 2 aromatic heterocycles. The number of aromatic carboxylic acids is 1. The van der Waals surface area contributed by atoms with Crippen molar-refractivity contribution in [1.29, 1.82) is 0 Å².